The van der Waals surface area contributed by atoms with Crippen LogP contribution in [0.3, 0.4) is 0 Å². The molecule has 1 atom stereocenters. The van der Waals surface area contributed by atoms with E-state index in [4.69, 9.17) is 5.11 Å². The van der Waals surface area contributed by atoms with Gasteiger partial charge in [-0.05, 0) is 13.3 Å². The Morgan fingerprint density at radius 2 is 2.24 bits per heavy atom. The summed E-state index contributed by atoms with van der Waals surface area (Å²) >= 11 is 0. The number of aliphatic carboxylic acids is 1. The SMILES string of the molecule is CCC(C)(NC(=O)CCn1ccnn1)C(=O)O. The minimum atomic E-state index is -1.21. The third kappa shape index (κ3) is 3.54. The topological polar surface area (TPSA) is 97.1 Å². The minimum absolute atomic E-state index is 0.173. The lowest BCUT2D eigenvalue weighted by Crippen LogP contribution is -2.51. The van der Waals surface area contributed by atoms with Crippen molar-refractivity contribution in [3.05, 3.63) is 12.4 Å². The zero-order valence-corrected chi connectivity index (χ0v) is 9.88. The summed E-state index contributed by atoms with van der Waals surface area (Å²) in [5, 5.41) is 18.8. The van der Waals surface area contributed by atoms with E-state index >= 15 is 0 Å². The number of aromatic nitrogens is 3. The van der Waals surface area contributed by atoms with Crippen LogP contribution in [0.5, 0.6) is 0 Å². The largest absolute Gasteiger partial charge is 0.480 e. The Kier molecular flexibility index (Phi) is 4.19. The van der Waals surface area contributed by atoms with E-state index in [0.717, 1.165) is 0 Å². The number of rotatable bonds is 6. The first-order valence-corrected chi connectivity index (χ1v) is 5.36. The number of carboxylic acids is 1. The molecule has 1 unspecified atom stereocenters. The number of nitrogens with zero attached hydrogens (tertiary/aromatic N) is 3. The van der Waals surface area contributed by atoms with Crippen molar-refractivity contribution in [2.45, 2.75) is 38.8 Å². The average molecular weight is 240 g/mol. The molecule has 0 radical (unpaired) electrons. The van der Waals surface area contributed by atoms with E-state index in [1.54, 1.807) is 13.1 Å². The molecule has 0 spiro atoms. The van der Waals surface area contributed by atoms with Crippen LogP contribution in [0.1, 0.15) is 26.7 Å². The second-order valence-electron chi connectivity index (χ2n) is 3.96. The van der Waals surface area contributed by atoms with E-state index in [9.17, 15) is 9.59 Å². The van der Waals surface area contributed by atoms with Gasteiger partial charge in [0.1, 0.15) is 5.54 Å². The molecule has 0 bridgehead atoms. The highest BCUT2D eigenvalue weighted by Crippen LogP contribution is 2.09. The fraction of sp³-hybridized carbons (Fsp3) is 0.600. The molecule has 1 aromatic heterocycles. The number of amides is 1. The Labute approximate surface area is 98.8 Å². The number of hydrogen-bond donors (Lipinski definition) is 2. The van der Waals surface area contributed by atoms with Gasteiger partial charge in [-0.25, -0.2) is 4.79 Å². The van der Waals surface area contributed by atoms with Crippen molar-refractivity contribution in [2.75, 3.05) is 0 Å². The first-order valence-electron chi connectivity index (χ1n) is 5.36. The molecule has 0 aromatic carbocycles. The minimum Gasteiger partial charge on any atom is -0.480 e. The molecule has 17 heavy (non-hydrogen) atoms. The van der Waals surface area contributed by atoms with Crippen molar-refractivity contribution in [1.82, 2.24) is 20.3 Å². The van der Waals surface area contributed by atoms with Crippen LogP contribution in [0.15, 0.2) is 12.4 Å². The van der Waals surface area contributed by atoms with E-state index < -0.39 is 11.5 Å². The lowest BCUT2D eigenvalue weighted by atomic mass is 9.99. The van der Waals surface area contributed by atoms with Crippen LogP contribution in [-0.4, -0.2) is 37.5 Å². The van der Waals surface area contributed by atoms with E-state index in [0.29, 0.717) is 13.0 Å². The fourth-order valence-corrected chi connectivity index (χ4v) is 1.23. The third-order valence-corrected chi connectivity index (χ3v) is 2.63. The van der Waals surface area contributed by atoms with E-state index in [1.807, 2.05) is 0 Å². The maximum absolute atomic E-state index is 11.6. The van der Waals surface area contributed by atoms with Gasteiger partial charge < -0.3 is 10.4 Å². The van der Waals surface area contributed by atoms with Crippen molar-refractivity contribution in [3.63, 3.8) is 0 Å². The molecule has 1 aromatic rings. The van der Waals surface area contributed by atoms with Gasteiger partial charge in [-0.15, -0.1) is 5.10 Å². The molecule has 94 valence electrons. The van der Waals surface area contributed by atoms with Gasteiger partial charge in [0.15, 0.2) is 0 Å². The molecule has 0 aliphatic rings. The number of carboxylic acid groups (broad SMARTS) is 1. The van der Waals surface area contributed by atoms with Crippen LogP contribution in [0.2, 0.25) is 0 Å². The molecular weight excluding hydrogens is 224 g/mol. The standard InChI is InChI=1S/C10H16N4O3/c1-3-10(2,9(16)17)12-8(15)4-6-14-7-5-11-13-14/h5,7H,3-4,6H2,1-2H3,(H,12,15)(H,16,17). The monoisotopic (exact) mass is 240 g/mol. The van der Waals surface area contributed by atoms with Gasteiger partial charge in [0.25, 0.3) is 0 Å². The molecule has 0 fully saturated rings. The summed E-state index contributed by atoms with van der Waals surface area (Å²) in [5.74, 6) is -1.35. The highest BCUT2D eigenvalue weighted by Gasteiger charge is 2.32. The van der Waals surface area contributed by atoms with Gasteiger partial charge in [-0.1, -0.05) is 12.1 Å². The Hall–Kier alpha value is -1.92. The summed E-state index contributed by atoms with van der Waals surface area (Å²) in [5.41, 5.74) is -1.21. The van der Waals surface area contributed by atoms with E-state index in [1.165, 1.54) is 17.8 Å². The molecule has 1 amide bonds. The van der Waals surface area contributed by atoms with Gasteiger partial charge in [0.2, 0.25) is 5.91 Å². The van der Waals surface area contributed by atoms with Gasteiger partial charge in [-0.2, -0.15) is 0 Å². The summed E-state index contributed by atoms with van der Waals surface area (Å²) in [6.45, 7) is 3.58. The van der Waals surface area contributed by atoms with Gasteiger partial charge >= 0.3 is 5.97 Å². The maximum atomic E-state index is 11.6. The van der Waals surface area contributed by atoms with Crippen LogP contribution in [-0.2, 0) is 16.1 Å². The van der Waals surface area contributed by atoms with Gasteiger partial charge in [0, 0.05) is 12.6 Å². The lowest BCUT2D eigenvalue weighted by molar-refractivity contribution is -0.147. The predicted octanol–water partition coefficient (Wildman–Crippen LogP) is 0.0377. The fourth-order valence-electron chi connectivity index (χ4n) is 1.23. The summed E-state index contributed by atoms with van der Waals surface area (Å²) in [4.78, 5) is 22.6. The van der Waals surface area contributed by atoms with Gasteiger partial charge in [0.05, 0.1) is 12.7 Å². The lowest BCUT2D eigenvalue weighted by Gasteiger charge is -2.24. The molecule has 0 aliphatic heterocycles. The molecule has 7 nitrogen and oxygen atoms in total. The molecule has 0 saturated heterocycles. The Balaban J connectivity index is 2.46. The van der Waals surface area contributed by atoms with Gasteiger partial charge in [-0.3, -0.25) is 9.48 Å². The highest BCUT2D eigenvalue weighted by atomic mass is 16.4. The normalized spacial score (nSPS) is 14.0. The first-order chi connectivity index (χ1) is 7.98. The Morgan fingerprint density at radius 3 is 2.71 bits per heavy atom. The van der Waals surface area contributed by atoms with Crippen molar-refractivity contribution in [3.8, 4) is 0 Å². The van der Waals surface area contributed by atoms with Crippen LogP contribution >= 0.6 is 0 Å². The molecule has 1 heterocycles. The van der Waals surface area contributed by atoms with Crippen molar-refractivity contribution in [2.24, 2.45) is 0 Å². The Bertz CT molecular complexity index is 390. The Morgan fingerprint density at radius 1 is 1.53 bits per heavy atom. The molecule has 1 rings (SSSR count). The summed E-state index contributed by atoms with van der Waals surface area (Å²) in [6.07, 6.45) is 3.67. The number of carbonyl (C=O) groups is 2. The van der Waals surface area contributed by atoms with Crippen molar-refractivity contribution < 1.29 is 14.7 Å². The molecule has 0 saturated carbocycles. The van der Waals surface area contributed by atoms with Crippen LogP contribution in [0.25, 0.3) is 0 Å². The number of hydrogen-bond acceptors (Lipinski definition) is 4. The number of nitrogens with one attached hydrogen (secondary N) is 1. The van der Waals surface area contributed by atoms with Crippen LogP contribution < -0.4 is 5.32 Å². The maximum Gasteiger partial charge on any atom is 0.329 e. The number of carbonyl (C=O) groups excluding carboxylic acids is 1. The quantitative estimate of drug-likeness (QED) is 0.731. The molecule has 0 aliphatic carbocycles. The summed E-state index contributed by atoms with van der Waals surface area (Å²) in [7, 11) is 0. The predicted molar refractivity (Wildman–Crippen MR) is 59.1 cm³/mol. The zero-order chi connectivity index (χ0) is 12.9. The van der Waals surface area contributed by atoms with Crippen molar-refractivity contribution >= 4 is 11.9 Å². The summed E-state index contributed by atoms with van der Waals surface area (Å²) in [6, 6.07) is 0. The molecule has 7 heteroatoms. The van der Waals surface area contributed by atoms with E-state index in [2.05, 4.69) is 15.6 Å². The second-order valence-corrected chi connectivity index (χ2v) is 3.96. The van der Waals surface area contributed by atoms with Crippen LogP contribution in [0.4, 0.5) is 0 Å². The zero-order valence-electron chi connectivity index (χ0n) is 9.88. The highest BCUT2D eigenvalue weighted by molar-refractivity contribution is 5.86. The molecular formula is C10H16N4O3. The number of aryl methyl sites for hydroxylation is 1. The average Bonchev–Trinajstić information content (AvgIpc) is 2.78. The second kappa shape index (κ2) is 5.42. The van der Waals surface area contributed by atoms with Crippen molar-refractivity contribution in [1.29, 1.82) is 0 Å². The smallest absolute Gasteiger partial charge is 0.329 e. The third-order valence-electron chi connectivity index (χ3n) is 2.63. The summed E-state index contributed by atoms with van der Waals surface area (Å²) < 4.78 is 1.52. The van der Waals surface area contributed by atoms with Crippen LogP contribution in [0, 0.1) is 0 Å². The molecule has 2 N–H and O–H groups in total. The van der Waals surface area contributed by atoms with E-state index in [-0.39, 0.29) is 12.3 Å². The first kappa shape index (κ1) is 13.1.